The van der Waals surface area contributed by atoms with E-state index in [2.05, 4.69) is 5.32 Å². The van der Waals surface area contributed by atoms with Crippen LogP contribution in [-0.2, 0) is 0 Å². The van der Waals surface area contributed by atoms with Gasteiger partial charge >= 0.3 is 7.12 Å². The lowest BCUT2D eigenvalue weighted by atomic mass is 9.89. The maximum atomic E-state index is 11.9. The van der Waals surface area contributed by atoms with Crippen molar-refractivity contribution in [3.8, 4) is 0 Å². The molecule has 16 heavy (non-hydrogen) atoms. The van der Waals surface area contributed by atoms with Crippen molar-refractivity contribution in [1.29, 1.82) is 0 Å². The number of nitrogens with one attached hydrogen (secondary N) is 1. The Hall–Kier alpha value is -0.845. The molecular weight excluding hydrogens is 225 g/mol. The summed E-state index contributed by atoms with van der Waals surface area (Å²) in [4.78, 5) is 12.4. The van der Waals surface area contributed by atoms with Gasteiger partial charge < -0.3 is 15.4 Å². The number of carbonyl (C=O) groups is 1. The summed E-state index contributed by atoms with van der Waals surface area (Å²) in [6.07, 6.45) is 0. The number of carbonyl (C=O) groups excluding carboxylic acids is 1. The Morgan fingerprint density at radius 2 is 2.00 bits per heavy atom. The van der Waals surface area contributed by atoms with Gasteiger partial charge in [0, 0.05) is 10.3 Å². The minimum atomic E-state index is -1.51. The summed E-state index contributed by atoms with van der Waals surface area (Å²) in [5, 5.41) is 20.9. The van der Waals surface area contributed by atoms with E-state index in [1.807, 2.05) is 20.8 Å². The second-order valence-electron chi connectivity index (χ2n) is 4.74. The molecule has 0 radical (unpaired) electrons. The molecule has 1 heterocycles. The normalized spacial score (nSPS) is 11.4. The van der Waals surface area contributed by atoms with E-state index in [0.29, 0.717) is 9.65 Å². The molecule has 0 bridgehead atoms. The van der Waals surface area contributed by atoms with E-state index >= 15 is 0 Å². The monoisotopic (exact) mass is 241 g/mol. The van der Waals surface area contributed by atoms with Crippen LogP contribution in [-0.4, -0.2) is 28.6 Å². The minimum absolute atomic E-state index is 0.179. The fraction of sp³-hybridized carbons (Fsp3) is 0.500. The van der Waals surface area contributed by atoms with Crippen LogP contribution in [0.5, 0.6) is 0 Å². The summed E-state index contributed by atoms with van der Waals surface area (Å²) >= 11 is 1.10. The molecule has 0 aliphatic carbocycles. The molecule has 1 rings (SSSR count). The lowest BCUT2D eigenvalue weighted by molar-refractivity contribution is 0.0923. The summed E-state index contributed by atoms with van der Waals surface area (Å²) in [5.74, 6) is -0.179. The highest BCUT2D eigenvalue weighted by Crippen LogP contribution is 2.15. The van der Waals surface area contributed by atoms with Crippen molar-refractivity contribution in [2.24, 2.45) is 0 Å². The van der Waals surface area contributed by atoms with Crippen LogP contribution in [0, 0.1) is 6.92 Å². The molecule has 3 N–H and O–H groups in total. The van der Waals surface area contributed by atoms with Crippen LogP contribution < -0.4 is 10.1 Å². The number of rotatable bonds is 2. The van der Waals surface area contributed by atoms with Crippen molar-refractivity contribution in [3.63, 3.8) is 0 Å². The standard InChI is InChI=1S/C10H16BNO3S/c1-6-5-7(11(14)15)16-8(6)9(13)12-10(2,3)4/h5,14-15H,1-4H3,(H,12,13). The second-order valence-corrected chi connectivity index (χ2v) is 5.82. The summed E-state index contributed by atoms with van der Waals surface area (Å²) in [6, 6.07) is 1.62. The molecule has 6 heteroatoms. The van der Waals surface area contributed by atoms with Crippen molar-refractivity contribution in [2.75, 3.05) is 0 Å². The Morgan fingerprint density at radius 1 is 1.44 bits per heavy atom. The fourth-order valence-electron chi connectivity index (χ4n) is 1.26. The topological polar surface area (TPSA) is 69.6 Å². The largest absolute Gasteiger partial charge is 0.499 e. The zero-order valence-corrected chi connectivity index (χ0v) is 10.7. The molecule has 1 aromatic heterocycles. The van der Waals surface area contributed by atoms with Crippen molar-refractivity contribution in [3.05, 3.63) is 16.5 Å². The summed E-state index contributed by atoms with van der Waals surface area (Å²) in [7, 11) is -1.51. The molecule has 0 aromatic carbocycles. The first-order valence-corrected chi connectivity index (χ1v) is 5.81. The molecule has 1 amide bonds. The Kier molecular flexibility index (Phi) is 3.78. The van der Waals surface area contributed by atoms with Crippen molar-refractivity contribution in [2.45, 2.75) is 33.2 Å². The molecular formula is C10H16BNO3S. The van der Waals surface area contributed by atoms with E-state index in [4.69, 9.17) is 10.0 Å². The van der Waals surface area contributed by atoms with Gasteiger partial charge in [-0.15, -0.1) is 11.3 Å². The van der Waals surface area contributed by atoms with E-state index in [9.17, 15) is 4.79 Å². The van der Waals surface area contributed by atoms with Crippen LogP contribution in [0.15, 0.2) is 6.07 Å². The second kappa shape index (κ2) is 4.57. The first kappa shape index (κ1) is 13.2. The highest BCUT2D eigenvalue weighted by atomic mass is 32.1. The number of hydrogen-bond acceptors (Lipinski definition) is 4. The molecule has 0 spiro atoms. The summed E-state index contributed by atoms with van der Waals surface area (Å²) < 4.78 is 0.386. The lowest BCUT2D eigenvalue weighted by Crippen LogP contribution is -2.40. The van der Waals surface area contributed by atoms with Crippen LogP contribution >= 0.6 is 11.3 Å². The number of amides is 1. The molecule has 0 unspecified atom stereocenters. The lowest BCUT2D eigenvalue weighted by Gasteiger charge is -2.20. The van der Waals surface area contributed by atoms with Crippen LogP contribution in [0.4, 0.5) is 0 Å². The van der Waals surface area contributed by atoms with E-state index in [0.717, 1.165) is 16.9 Å². The molecule has 0 saturated heterocycles. The summed E-state index contributed by atoms with van der Waals surface area (Å²) in [6.45, 7) is 7.47. The Labute approximate surface area is 99.5 Å². The third-order valence-corrected chi connectivity index (χ3v) is 3.16. The first-order chi connectivity index (χ1) is 7.20. The zero-order valence-electron chi connectivity index (χ0n) is 9.87. The van der Waals surface area contributed by atoms with Crippen molar-refractivity contribution < 1.29 is 14.8 Å². The average Bonchev–Trinajstić information content (AvgIpc) is 2.44. The Bertz CT molecular complexity index is 395. The Balaban J connectivity index is 2.92. The van der Waals surface area contributed by atoms with E-state index in [1.54, 1.807) is 13.0 Å². The van der Waals surface area contributed by atoms with Gasteiger partial charge in [-0.25, -0.2) is 0 Å². The van der Waals surface area contributed by atoms with Gasteiger partial charge in [0.25, 0.3) is 5.91 Å². The smallest absolute Gasteiger partial charge is 0.423 e. The predicted molar refractivity (Wildman–Crippen MR) is 66.1 cm³/mol. The van der Waals surface area contributed by atoms with Crippen LogP contribution in [0.2, 0.25) is 0 Å². The first-order valence-electron chi connectivity index (χ1n) is 4.99. The Morgan fingerprint density at radius 3 is 2.38 bits per heavy atom. The molecule has 88 valence electrons. The van der Waals surface area contributed by atoms with Crippen LogP contribution in [0.1, 0.15) is 36.0 Å². The molecule has 0 saturated carbocycles. The highest BCUT2D eigenvalue weighted by molar-refractivity contribution is 7.23. The minimum Gasteiger partial charge on any atom is -0.423 e. The third kappa shape index (κ3) is 3.33. The van der Waals surface area contributed by atoms with Gasteiger partial charge in [0.15, 0.2) is 0 Å². The van der Waals surface area contributed by atoms with Crippen LogP contribution in [0.3, 0.4) is 0 Å². The summed E-state index contributed by atoms with van der Waals surface area (Å²) in [5.41, 5.74) is 0.459. The van der Waals surface area contributed by atoms with Crippen molar-refractivity contribution in [1.82, 2.24) is 5.32 Å². The van der Waals surface area contributed by atoms with Gasteiger partial charge in [-0.05, 0) is 39.3 Å². The van der Waals surface area contributed by atoms with Gasteiger partial charge in [-0.2, -0.15) is 0 Å². The average molecular weight is 241 g/mol. The maximum Gasteiger partial charge on any atom is 0.499 e. The van der Waals surface area contributed by atoms with Gasteiger partial charge in [-0.1, -0.05) is 0 Å². The molecule has 1 aromatic rings. The number of hydrogen-bond donors (Lipinski definition) is 3. The molecule has 4 nitrogen and oxygen atoms in total. The molecule has 0 aliphatic rings. The predicted octanol–water partition coefficient (Wildman–Crippen LogP) is 0.265. The maximum absolute atomic E-state index is 11.9. The van der Waals surface area contributed by atoms with Gasteiger partial charge in [0.2, 0.25) is 0 Å². The van der Waals surface area contributed by atoms with Gasteiger partial charge in [0.05, 0.1) is 4.88 Å². The molecule has 0 fully saturated rings. The van der Waals surface area contributed by atoms with E-state index in [1.165, 1.54) is 0 Å². The zero-order chi connectivity index (χ0) is 12.5. The third-order valence-electron chi connectivity index (χ3n) is 1.89. The van der Waals surface area contributed by atoms with Gasteiger partial charge in [0.1, 0.15) is 0 Å². The van der Waals surface area contributed by atoms with Crippen LogP contribution in [0.25, 0.3) is 0 Å². The van der Waals surface area contributed by atoms with E-state index < -0.39 is 7.12 Å². The fourth-order valence-corrected chi connectivity index (χ4v) is 2.20. The molecule has 0 aliphatic heterocycles. The highest BCUT2D eigenvalue weighted by Gasteiger charge is 2.22. The number of thiophene rings is 1. The van der Waals surface area contributed by atoms with Crippen molar-refractivity contribution >= 4 is 29.1 Å². The SMILES string of the molecule is Cc1cc(B(O)O)sc1C(=O)NC(C)(C)C. The van der Waals surface area contributed by atoms with E-state index in [-0.39, 0.29) is 11.4 Å². The number of aryl methyl sites for hydroxylation is 1. The molecule has 0 atom stereocenters. The van der Waals surface area contributed by atoms with Gasteiger partial charge in [-0.3, -0.25) is 4.79 Å². The quantitative estimate of drug-likeness (QED) is 0.651.